The fourth-order valence-electron chi connectivity index (χ4n) is 4.53. The maximum Gasteiger partial charge on any atom is 0.213 e. The average molecular weight is 347 g/mol. The molecule has 1 aliphatic rings. The number of aryl methyl sites for hydroxylation is 2. The molecule has 1 heterocycles. The van der Waals surface area contributed by atoms with E-state index in [4.69, 9.17) is 5.48 Å². The number of fused-ring (bicyclic) bond motifs is 3. The molecule has 0 saturated carbocycles. The highest BCUT2D eigenvalue weighted by atomic mass is 14.9. The smallest absolute Gasteiger partial charge is 0.201 e. The minimum atomic E-state index is -2.43. The van der Waals surface area contributed by atoms with E-state index in [1.165, 1.54) is 12.5 Å². The van der Waals surface area contributed by atoms with Crippen LogP contribution in [0.2, 0.25) is 0 Å². The molecule has 0 amide bonds. The SMILES string of the molecule is [2H]C([2H])([2H])C([2H])(C)c1cc(C)c(-c2cccc[n+]2C)c2c1C(C)(C)c1ccccc1-2. The Hall–Kier alpha value is -2.41. The minimum absolute atomic E-state index is 0.398. The van der Waals surface area contributed by atoms with Gasteiger partial charge in [-0.15, -0.1) is 0 Å². The van der Waals surface area contributed by atoms with E-state index in [2.05, 4.69) is 36.6 Å². The van der Waals surface area contributed by atoms with E-state index < -0.39 is 18.2 Å². The highest BCUT2D eigenvalue weighted by Crippen LogP contribution is 2.54. The third-order valence-corrected chi connectivity index (χ3v) is 5.73. The Morgan fingerprint density at radius 2 is 1.81 bits per heavy atom. The van der Waals surface area contributed by atoms with E-state index in [0.717, 1.165) is 33.5 Å². The van der Waals surface area contributed by atoms with Crippen LogP contribution in [0.5, 0.6) is 0 Å². The van der Waals surface area contributed by atoms with Crippen molar-refractivity contribution in [2.75, 3.05) is 0 Å². The standard InChI is InChI=1S/C25H28N/c1-16(2)19-15-17(3)22(21-13-9-10-14-26(21)6)23-18-11-7-8-12-20(18)25(4,5)24(19)23/h7-16H,1-6H3/q+1/i1D3,16D. The van der Waals surface area contributed by atoms with Gasteiger partial charge in [0.25, 0.3) is 0 Å². The van der Waals surface area contributed by atoms with Crippen LogP contribution < -0.4 is 4.57 Å². The van der Waals surface area contributed by atoms with Crippen LogP contribution in [0.1, 0.15) is 61.3 Å². The maximum atomic E-state index is 8.92. The van der Waals surface area contributed by atoms with Gasteiger partial charge in [0.15, 0.2) is 6.20 Å². The van der Waals surface area contributed by atoms with Crippen molar-refractivity contribution >= 4 is 0 Å². The van der Waals surface area contributed by atoms with Gasteiger partial charge < -0.3 is 0 Å². The summed E-state index contributed by atoms with van der Waals surface area (Å²) in [4.78, 5) is 0. The van der Waals surface area contributed by atoms with Crippen LogP contribution in [0, 0.1) is 6.92 Å². The van der Waals surface area contributed by atoms with Crippen molar-refractivity contribution in [3.05, 3.63) is 77.0 Å². The highest BCUT2D eigenvalue weighted by molar-refractivity contribution is 5.93. The Morgan fingerprint density at radius 3 is 2.54 bits per heavy atom. The molecule has 0 saturated heterocycles. The molecule has 132 valence electrons. The second kappa shape index (κ2) is 5.81. The maximum absolute atomic E-state index is 8.92. The molecule has 0 aliphatic heterocycles. The molecule has 0 fully saturated rings. The molecule has 1 atom stereocenters. The number of rotatable bonds is 2. The third-order valence-electron chi connectivity index (χ3n) is 5.73. The molecule has 1 aliphatic carbocycles. The second-order valence-corrected chi connectivity index (χ2v) is 7.86. The van der Waals surface area contributed by atoms with Crippen molar-refractivity contribution in [1.82, 2.24) is 0 Å². The van der Waals surface area contributed by atoms with Gasteiger partial charge in [-0.1, -0.05) is 58.0 Å². The summed E-state index contributed by atoms with van der Waals surface area (Å²) in [7, 11) is 2.03. The molecule has 3 aromatic rings. The van der Waals surface area contributed by atoms with E-state index in [1.807, 2.05) is 50.5 Å². The molecule has 4 rings (SSSR count). The lowest BCUT2D eigenvalue weighted by Crippen LogP contribution is -2.30. The molecule has 0 spiro atoms. The zero-order chi connectivity index (χ0) is 22.1. The molecule has 0 radical (unpaired) electrons. The van der Waals surface area contributed by atoms with Gasteiger partial charge in [0.05, 0.1) is 5.56 Å². The van der Waals surface area contributed by atoms with E-state index in [1.54, 1.807) is 0 Å². The number of pyridine rings is 1. The normalized spacial score (nSPS) is 19.4. The molecule has 0 bridgehead atoms. The Kier molecular flexibility index (Phi) is 2.87. The second-order valence-electron chi connectivity index (χ2n) is 7.86. The van der Waals surface area contributed by atoms with Crippen LogP contribution >= 0.6 is 0 Å². The van der Waals surface area contributed by atoms with Gasteiger partial charge in [-0.05, 0) is 46.7 Å². The zero-order valence-corrected chi connectivity index (χ0v) is 16.1. The van der Waals surface area contributed by atoms with Crippen molar-refractivity contribution in [2.24, 2.45) is 7.05 Å². The predicted octanol–water partition coefficient (Wildman–Crippen LogP) is 5.92. The van der Waals surface area contributed by atoms with E-state index in [-0.39, 0.29) is 0 Å². The Balaban J connectivity index is 2.21. The fraction of sp³-hybridized carbons (Fsp3) is 0.320. The predicted molar refractivity (Wildman–Crippen MR) is 109 cm³/mol. The van der Waals surface area contributed by atoms with E-state index in [9.17, 15) is 0 Å². The van der Waals surface area contributed by atoms with Gasteiger partial charge in [-0.3, -0.25) is 0 Å². The van der Waals surface area contributed by atoms with Gasteiger partial charge >= 0.3 is 0 Å². The Bertz CT molecular complexity index is 1160. The lowest BCUT2D eigenvalue weighted by molar-refractivity contribution is -0.660. The monoisotopic (exact) mass is 346 g/mol. The quantitative estimate of drug-likeness (QED) is 0.507. The molecule has 26 heavy (non-hydrogen) atoms. The number of benzene rings is 2. The summed E-state index contributed by atoms with van der Waals surface area (Å²) in [5, 5.41) is 0. The first-order valence-corrected chi connectivity index (χ1v) is 9.12. The van der Waals surface area contributed by atoms with Crippen LogP contribution in [0.25, 0.3) is 22.4 Å². The summed E-state index contributed by atoms with van der Waals surface area (Å²) < 4.78 is 35.3. The third kappa shape index (κ3) is 2.26. The lowest BCUT2D eigenvalue weighted by Gasteiger charge is -2.27. The average Bonchev–Trinajstić information content (AvgIpc) is 2.89. The minimum Gasteiger partial charge on any atom is -0.201 e. The number of aromatic nitrogens is 1. The van der Waals surface area contributed by atoms with E-state index in [0.29, 0.717) is 5.56 Å². The molecule has 0 N–H and O–H groups in total. The summed E-state index contributed by atoms with van der Waals surface area (Å²) in [6.45, 7) is 5.39. The molecule has 1 heteroatoms. The number of nitrogens with zero attached hydrogens (tertiary/aromatic N) is 1. The number of hydrogen-bond donors (Lipinski definition) is 0. The molecule has 1 unspecified atom stereocenters. The first kappa shape index (κ1) is 12.9. The largest absolute Gasteiger partial charge is 0.213 e. The highest BCUT2D eigenvalue weighted by Gasteiger charge is 2.40. The van der Waals surface area contributed by atoms with Gasteiger partial charge in [-0.25, -0.2) is 4.57 Å². The van der Waals surface area contributed by atoms with Crippen molar-refractivity contribution in [2.45, 2.75) is 45.9 Å². The molecule has 1 aromatic heterocycles. The first-order chi connectivity index (χ1) is 13.9. The van der Waals surface area contributed by atoms with Crippen molar-refractivity contribution in [3.63, 3.8) is 0 Å². The van der Waals surface area contributed by atoms with Gasteiger partial charge in [0.2, 0.25) is 5.69 Å². The Labute approximate surface area is 163 Å². The lowest BCUT2D eigenvalue weighted by atomic mass is 9.76. The van der Waals surface area contributed by atoms with E-state index >= 15 is 0 Å². The fourth-order valence-corrected chi connectivity index (χ4v) is 4.53. The van der Waals surface area contributed by atoms with Gasteiger partial charge in [0, 0.05) is 28.6 Å². The topological polar surface area (TPSA) is 3.88 Å². The van der Waals surface area contributed by atoms with Crippen LogP contribution in [0.15, 0.2) is 54.7 Å². The summed E-state index contributed by atoms with van der Waals surface area (Å²) >= 11 is 0. The number of hydrogen-bond acceptors (Lipinski definition) is 0. The summed E-state index contributed by atoms with van der Waals surface area (Å²) in [5.74, 6) is -1.71. The van der Waals surface area contributed by atoms with Crippen molar-refractivity contribution in [1.29, 1.82) is 0 Å². The van der Waals surface area contributed by atoms with Crippen LogP contribution in [-0.2, 0) is 12.5 Å². The summed E-state index contributed by atoms with van der Waals surface area (Å²) in [6.07, 6.45) is 2.03. The Morgan fingerprint density at radius 1 is 1.08 bits per heavy atom. The molecule has 2 aromatic carbocycles. The molecular weight excluding hydrogens is 314 g/mol. The summed E-state index contributed by atoms with van der Waals surface area (Å²) in [6, 6.07) is 16.4. The van der Waals surface area contributed by atoms with Crippen LogP contribution in [-0.4, -0.2) is 0 Å². The summed E-state index contributed by atoms with van der Waals surface area (Å²) in [5.41, 5.74) is 7.69. The van der Waals surface area contributed by atoms with Gasteiger partial charge in [0.1, 0.15) is 7.05 Å². The van der Waals surface area contributed by atoms with Gasteiger partial charge in [-0.2, -0.15) is 0 Å². The first-order valence-electron chi connectivity index (χ1n) is 11.1. The molecule has 1 nitrogen and oxygen atoms in total. The molecular formula is C25H28N+. The zero-order valence-electron chi connectivity index (χ0n) is 20.1. The van der Waals surface area contributed by atoms with Crippen molar-refractivity contribution < 1.29 is 10.1 Å². The van der Waals surface area contributed by atoms with Crippen LogP contribution in [0.3, 0.4) is 0 Å². The van der Waals surface area contributed by atoms with Crippen LogP contribution in [0.4, 0.5) is 0 Å². The van der Waals surface area contributed by atoms with Crippen molar-refractivity contribution in [3.8, 4) is 22.4 Å².